The minimum Gasteiger partial charge on any atom is -0.369 e. The first-order chi connectivity index (χ1) is 9.09. The number of para-hydroxylation sites is 1. The molecule has 2 N–H and O–H groups in total. The van der Waals surface area contributed by atoms with E-state index >= 15 is 0 Å². The SMILES string of the molecule is NC(=O)C1C(=O)N(c2ccccc2F)CC1C1CC1. The number of hydrogen-bond donors (Lipinski definition) is 1. The van der Waals surface area contributed by atoms with Gasteiger partial charge in [-0.3, -0.25) is 9.59 Å². The van der Waals surface area contributed by atoms with Crippen molar-refractivity contribution in [2.45, 2.75) is 12.8 Å². The van der Waals surface area contributed by atoms with Crippen molar-refractivity contribution in [3.8, 4) is 0 Å². The second-order valence-corrected chi connectivity index (χ2v) is 5.28. The number of benzene rings is 1. The molecule has 2 aliphatic rings. The zero-order chi connectivity index (χ0) is 13.6. The van der Waals surface area contributed by atoms with Crippen molar-refractivity contribution in [3.05, 3.63) is 30.1 Å². The Bertz CT molecular complexity index is 542. The van der Waals surface area contributed by atoms with Gasteiger partial charge in [0.15, 0.2) is 0 Å². The lowest BCUT2D eigenvalue weighted by Gasteiger charge is -2.17. The van der Waals surface area contributed by atoms with Gasteiger partial charge in [0.05, 0.1) is 5.69 Å². The van der Waals surface area contributed by atoms with Crippen LogP contribution in [0.2, 0.25) is 0 Å². The first-order valence-corrected chi connectivity index (χ1v) is 6.45. The normalized spacial score (nSPS) is 26.8. The Labute approximate surface area is 110 Å². The largest absolute Gasteiger partial charge is 0.369 e. The Hall–Kier alpha value is -1.91. The Kier molecular flexibility index (Phi) is 2.77. The van der Waals surface area contributed by atoms with Crippen molar-refractivity contribution in [2.75, 3.05) is 11.4 Å². The molecular formula is C14H15FN2O2. The Morgan fingerprint density at radius 2 is 2.00 bits per heavy atom. The van der Waals surface area contributed by atoms with Crippen LogP contribution in [0.15, 0.2) is 24.3 Å². The highest BCUT2D eigenvalue weighted by Gasteiger charge is 2.50. The Morgan fingerprint density at radius 3 is 2.58 bits per heavy atom. The number of carbonyl (C=O) groups is 2. The number of rotatable bonds is 3. The lowest BCUT2D eigenvalue weighted by atomic mass is 9.90. The van der Waals surface area contributed by atoms with Gasteiger partial charge >= 0.3 is 0 Å². The molecule has 2 atom stereocenters. The van der Waals surface area contributed by atoms with Crippen molar-refractivity contribution >= 4 is 17.5 Å². The Balaban J connectivity index is 1.94. The van der Waals surface area contributed by atoms with Crippen LogP contribution in [0, 0.1) is 23.6 Å². The molecule has 4 nitrogen and oxygen atoms in total. The number of carbonyl (C=O) groups excluding carboxylic acids is 2. The number of primary amides is 1. The average molecular weight is 262 g/mol. The first kappa shape index (κ1) is 12.1. The van der Waals surface area contributed by atoms with Crippen molar-refractivity contribution in [2.24, 2.45) is 23.5 Å². The van der Waals surface area contributed by atoms with Gasteiger partial charge in [-0.2, -0.15) is 0 Å². The van der Waals surface area contributed by atoms with Crippen LogP contribution in [0.25, 0.3) is 0 Å². The van der Waals surface area contributed by atoms with E-state index in [0.29, 0.717) is 12.5 Å². The topological polar surface area (TPSA) is 63.4 Å². The number of halogens is 1. The van der Waals surface area contributed by atoms with Gasteiger partial charge in [0.25, 0.3) is 0 Å². The number of nitrogens with two attached hydrogens (primary N) is 1. The van der Waals surface area contributed by atoms with Gasteiger partial charge in [0.1, 0.15) is 11.7 Å². The van der Waals surface area contributed by atoms with E-state index in [1.165, 1.54) is 11.0 Å². The van der Waals surface area contributed by atoms with Crippen LogP contribution in [-0.4, -0.2) is 18.4 Å². The predicted octanol–water partition coefficient (Wildman–Crippen LogP) is 1.30. The summed E-state index contributed by atoms with van der Waals surface area (Å²) in [6, 6.07) is 6.12. The third kappa shape index (κ3) is 1.99. The van der Waals surface area contributed by atoms with Gasteiger partial charge in [0.2, 0.25) is 11.8 Å². The third-order valence-corrected chi connectivity index (χ3v) is 4.03. The van der Waals surface area contributed by atoms with Crippen LogP contribution >= 0.6 is 0 Å². The van der Waals surface area contributed by atoms with Crippen LogP contribution in [0.4, 0.5) is 10.1 Å². The summed E-state index contributed by atoms with van der Waals surface area (Å²) in [6.07, 6.45) is 2.04. The van der Waals surface area contributed by atoms with E-state index in [0.717, 1.165) is 12.8 Å². The standard InChI is InChI=1S/C14H15FN2O2/c15-10-3-1-2-4-11(10)17-7-9(8-5-6-8)12(13(16)18)14(17)19/h1-4,8-9,12H,5-7H2,(H2,16,18). The quantitative estimate of drug-likeness (QED) is 0.834. The van der Waals surface area contributed by atoms with Crippen LogP contribution in [0.1, 0.15) is 12.8 Å². The molecule has 19 heavy (non-hydrogen) atoms. The summed E-state index contributed by atoms with van der Waals surface area (Å²) in [5, 5.41) is 0. The first-order valence-electron chi connectivity index (χ1n) is 6.45. The van der Waals surface area contributed by atoms with E-state index in [1.54, 1.807) is 18.2 Å². The minimum atomic E-state index is -0.799. The molecule has 2 fully saturated rings. The van der Waals surface area contributed by atoms with E-state index in [2.05, 4.69) is 0 Å². The summed E-state index contributed by atoms with van der Waals surface area (Å²) in [4.78, 5) is 25.2. The van der Waals surface area contributed by atoms with Gasteiger partial charge in [-0.1, -0.05) is 12.1 Å². The lowest BCUT2D eigenvalue weighted by Crippen LogP contribution is -2.35. The van der Waals surface area contributed by atoms with Crippen molar-refractivity contribution in [3.63, 3.8) is 0 Å². The molecule has 0 spiro atoms. The fourth-order valence-corrected chi connectivity index (χ4v) is 2.92. The summed E-state index contributed by atoms with van der Waals surface area (Å²) in [7, 11) is 0. The zero-order valence-corrected chi connectivity index (χ0v) is 10.4. The number of amides is 2. The molecule has 1 aromatic carbocycles. The van der Waals surface area contributed by atoms with E-state index in [4.69, 9.17) is 5.73 Å². The molecule has 0 aromatic heterocycles. The average Bonchev–Trinajstić information content (AvgIpc) is 3.14. The Morgan fingerprint density at radius 1 is 1.32 bits per heavy atom. The summed E-state index contributed by atoms with van der Waals surface area (Å²) in [6.45, 7) is 0.387. The zero-order valence-electron chi connectivity index (χ0n) is 10.4. The maximum Gasteiger partial charge on any atom is 0.240 e. The fraction of sp³-hybridized carbons (Fsp3) is 0.429. The molecule has 1 saturated carbocycles. The van der Waals surface area contributed by atoms with Crippen LogP contribution in [0.3, 0.4) is 0 Å². The maximum atomic E-state index is 13.8. The second kappa shape index (κ2) is 4.33. The summed E-state index contributed by atoms with van der Waals surface area (Å²) >= 11 is 0. The highest BCUT2D eigenvalue weighted by atomic mass is 19.1. The smallest absolute Gasteiger partial charge is 0.240 e. The molecule has 1 aliphatic heterocycles. The molecule has 0 radical (unpaired) electrons. The van der Waals surface area contributed by atoms with Crippen LogP contribution in [-0.2, 0) is 9.59 Å². The molecule has 100 valence electrons. The molecule has 1 saturated heterocycles. The van der Waals surface area contributed by atoms with Gasteiger partial charge in [-0.15, -0.1) is 0 Å². The van der Waals surface area contributed by atoms with E-state index in [9.17, 15) is 14.0 Å². The van der Waals surface area contributed by atoms with Crippen LogP contribution < -0.4 is 10.6 Å². The molecular weight excluding hydrogens is 247 g/mol. The van der Waals surface area contributed by atoms with E-state index in [-0.39, 0.29) is 17.5 Å². The monoisotopic (exact) mass is 262 g/mol. The minimum absolute atomic E-state index is 0.0652. The molecule has 5 heteroatoms. The molecule has 0 bridgehead atoms. The number of nitrogens with zero attached hydrogens (tertiary/aromatic N) is 1. The van der Waals surface area contributed by atoms with Gasteiger partial charge in [-0.25, -0.2) is 4.39 Å². The summed E-state index contributed by atoms with van der Waals surface area (Å²) in [5.41, 5.74) is 5.58. The highest BCUT2D eigenvalue weighted by Crippen LogP contribution is 2.45. The van der Waals surface area contributed by atoms with Gasteiger partial charge in [0, 0.05) is 12.5 Å². The molecule has 1 aromatic rings. The lowest BCUT2D eigenvalue weighted by molar-refractivity contribution is -0.131. The fourth-order valence-electron chi connectivity index (χ4n) is 2.92. The second-order valence-electron chi connectivity index (χ2n) is 5.28. The maximum absolute atomic E-state index is 13.8. The summed E-state index contributed by atoms with van der Waals surface area (Å²) < 4.78 is 13.8. The molecule has 1 heterocycles. The highest BCUT2D eigenvalue weighted by molar-refractivity contribution is 6.09. The van der Waals surface area contributed by atoms with Crippen LogP contribution in [0.5, 0.6) is 0 Å². The molecule has 2 amide bonds. The summed E-state index contributed by atoms with van der Waals surface area (Å²) in [5.74, 6) is -1.90. The van der Waals surface area contributed by atoms with E-state index in [1.807, 2.05) is 0 Å². The third-order valence-electron chi connectivity index (χ3n) is 4.03. The molecule has 1 aliphatic carbocycles. The molecule has 3 rings (SSSR count). The van der Waals surface area contributed by atoms with E-state index < -0.39 is 17.6 Å². The molecule has 2 unspecified atom stereocenters. The van der Waals surface area contributed by atoms with Crippen molar-refractivity contribution in [1.29, 1.82) is 0 Å². The van der Waals surface area contributed by atoms with Crippen molar-refractivity contribution in [1.82, 2.24) is 0 Å². The van der Waals surface area contributed by atoms with Gasteiger partial charge < -0.3 is 10.6 Å². The number of hydrogen-bond acceptors (Lipinski definition) is 2. The van der Waals surface area contributed by atoms with Gasteiger partial charge in [-0.05, 0) is 30.9 Å². The number of anilines is 1. The predicted molar refractivity (Wildman–Crippen MR) is 67.7 cm³/mol. The van der Waals surface area contributed by atoms with Crippen molar-refractivity contribution < 1.29 is 14.0 Å².